The smallest absolute Gasteiger partial charge is 0.208 e. The van der Waals surface area contributed by atoms with E-state index < -0.39 is 10.0 Å². The van der Waals surface area contributed by atoms with E-state index in [0.717, 1.165) is 0 Å². The van der Waals surface area contributed by atoms with Gasteiger partial charge in [0.25, 0.3) is 0 Å². The van der Waals surface area contributed by atoms with E-state index in [1.165, 1.54) is 24.3 Å². The summed E-state index contributed by atoms with van der Waals surface area (Å²) in [5.41, 5.74) is 0.289. The molecule has 0 amide bonds. The van der Waals surface area contributed by atoms with Gasteiger partial charge in [-0.15, -0.1) is 0 Å². The number of sulfonamides is 1. The van der Waals surface area contributed by atoms with Crippen LogP contribution in [-0.4, -0.2) is 14.5 Å². The number of nitrogens with one attached hydrogen (secondary N) is 1. The molecule has 1 unspecified atom stereocenters. The van der Waals surface area contributed by atoms with E-state index in [1.54, 1.807) is 0 Å². The molecule has 0 aliphatic heterocycles. The maximum absolute atomic E-state index is 12.1. The lowest BCUT2D eigenvalue weighted by atomic mass is 9.89. The van der Waals surface area contributed by atoms with Crippen molar-refractivity contribution in [3.8, 4) is 6.07 Å². The molecule has 0 saturated heterocycles. The third-order valence-electron chi connectivity index (χ3n) is 2.92. The van der Waals surface area contributed by atoms with Gasteiger partial charge in [-0.05, 0) is 36.6 Å². The Morgan fingerprint density at radius 3 is 2.11 bits per heavy atom. The maximum atomic E-state index is 12.1. The molecule has 0 aliphatic carbocycles. The van der Waals surface area contributed by atoms with Crippen molar-refractivity contribution in [3.05, 3.63) is 29.8 Å². The third kappa shape index (κ3) is 3.56. The highest BCUT2D eigenvalue weighted by Crippen LogP contribution is 2.21. The second-order valence-corrected chi connectivity index (χ2v) is 7.06. The fraction of sp³-hybridized carbons (Fsp3) is 0.462. The summed E-state index contributed by atoms with van der Waals surface area (Å²) >= 11 is 0. The highest BCUT2D eigenvalue weighted by atomic mass is 32.2. The van der Waals surface area contributed by atoms with Gasteiger partial charge in [-0.2, -0.15) is 5.26 Å². The van der Waals surface area contributed by atoms with Crippen LogP contribution in [0.15, 0.2) is 29.2 Å². The minimum atomic E-state index is -3.53. The van der Waals surface area contributed by atoms with Crippen molar-refractivity contribution in [1.29, 1.82) is 5.26 Å². The van der Waals surface area contributed by atoms with Crippen LogP contribution in [0.4, 0.5) is 0 Å². The molecular weight excluding hydrogens is 248 g/mol. The Bertz CT molecular complexity index is 548. The fourth-order valence-electron chi connectivity index (χ4n) is 1.19. The number of nitriles is 1. The van der Waals surface area contributed by atoms with Crippen LogP contribution >= 0.6 is 0 Å². The molecule has 0 saturated carbocycles. The van der Waals surface area contributed by atoms with Crippen LogP contribution < -0.4 is 4.72 Å². The summed E-state index contributed by atoms with van der Waals surface area (Å²) in [7, 11) is -3.53. The Hall–Kier alpha value is -1.38. The standard InChI is InChI=1S/C13H18N2O2S/c1-10(13(2,3)4)15-18(16,17)12-7-5-11(9-14)6-8-12/h5-8,10,15H,1-4H3. The van der Waals surface area contributed by atoms with Gasteiger partial charge in [0.1, 0.15) is 0 Å². The Morgan fingerprint density at radius 2 is 1.72 bits per heavy atom. The minimum Gasteiger partial charge on any atom is -0.208 e. The van der Waals surface area contributed by atoms with Crippen molar-refractivity contribution in [2.24, 2.45) is 5.41 Å². The van der Waals surface area contributed by atoms with E-state index >= 15 is 0 Å². The summed E-state index contributed by atoms with van der Waals surface area (Å²) in [5, 5.41) is 8.67. The Kier molecular flexibility index (Phi) is 4.15. The monoisotopic (exact) mass is 266 g/mol. The molecule has 0 fully saturated rings. The first-order chi connectivity index (χ1) is 8.16. The molecule has 0 spiro atoms. The predicted octanol–water partition coefficient (Wildman–Crippen LogP) is 2.27. The van der Waals surface area contributed by atoms with Gasteiger partial charge in [0.05, 0.1) is 16.5 Å². The molecule has 0 aromatic heterocycles. The molecule has 1 atom stereocenters. The lowest BCUT2D eigenvalue weighted by molar-refractivity contribution is 0.317. The zero-order valence-corrected chi connectivity index (χ0v) is 11.9. The first-order valence-corrected chi connectivity index (χ1v) is 7.17. The quantitative estimate of drug-likeness (QED) is 0.912. The van der Waals surface area contributed by atoms with Crippen LogP contribution in [0.25, 0.3) is 0 Å². The van der Waals surface area contributed by atoms with Crippen LogP contribution in [0.1, 0.15) is 33.3 Å². The zero-order chi connectivity index (χ0) is 14.0. The first kappa shape index (κ1) is 14.7. The highest BCUT2D eigenvalue weighted by Gasteiger charge is 2.25. The summed E-state index contributed by atoms with van der Waals surface area (Å²) in [6.45, 7) is 7.75. The average Bonchev–Trinajstić information content (AvgIpc) is 2.27. The molecule has 0 bridgehead atoms. The van der Waals surface area contributed by atoms with Crippen LogP contribution in [0, 0.1) is 16.7 Å². The first-order valence-electron chi connectivity index (χ1n) is 5.69. The van der Waals surface area contributed by atoms with Crippen LogP contribution in [0.3, 0.4) is 0 Å². The van der Waals surface area contributed by atoms with Gasteiger partial charge in [0, 0.05) is 6.04 Å². The topological polar surface area (TPSA) is 70.0 Å². The second-order valence-electron chi connectivity index (χ2n) is 5.35. The lowest BCUT2D eigenvalue weighted by Crippen LogP contribution is -2.41. The number of benzene rings is 1. The maximum Gasteiger partial charge on any atom is 0.240 e. The van der Waals surface area contributed by atoms with Crippen molar-refractivity contribution in [3.63, 3.8) is 0 Å². The predicted molar refractivity (Wildman–Crippen MR) is 70.4 cm³/mol. The van der Waals surface area contributed by atoms with Gasteiger partial charge in [-0.1, -0.05) is 20.8 Å². The largest absolute Gasteiger partial charge is 0.240 e. The molecule has 1 aromatic carbocycles. The molecule has 5 heteroatoms. The van der Waals surface area contributed by atoms with E-state index in [4.69, 9.17) is 5.26 Å². The summed E-state index contributed by atoms with van der Waals surface area (Å²) in [6.07, 6.45) is 0. The SMILES string of the molecule is CC(NS(=O)(=O)c1ccc(C#N)cc1)C(C)(C)C. The van der Waals surface area contributed by atoms with E-state index in [-0.39, 0.29) is 16.4 Å². The highest BCUT2D eigenvalue weighted by molar-refractivity contribution is 7.89. The summed E-state index contributed by atoms with van der Waals surface area (Å²) in [6, 6.07) is 7.65. The van der Waals surface area contributed by atoms with Crippen LogP contribution in [0.2, 0.25) is 0 Å². The molecular formula is C13H18N2O2S. The van der Waals surface area contributed by atoms with E-state index in [9.17, 15) is 8.42 Å². The molecule has 18 heavy (non-hydrogen) atoms. The van der Waals surface area contributed by atoms with Gasteiger partial charge in [-0.25, -0.2) is 13.1 Å². The third-order valence-corrected chi connectivity index (χ3v) is 4.48. The van der Waals surface area contributed by atoms with E-state index in [2.05, 4.69) is 4.72 Å². The van der Waals surface area contributed by atoms with Gasteiger partial charge < -0.3 is 0 Å². The van der Waals surface area contributed by atoms with E-state index in [1.807, 2.05) is 33.8 Å². The normalized spacial score (nSPS) is 13.9. The Balaban J connectivity index is 2.97. The number of rotatable bonds is 3. The van der Waals surface area contributed by atoms with E-state index in [0.29, 0.717) is 5.56 Å². The average molecular weight is 266 g/mol. The number of nitrogens with zero attached hydrogens (tertiary/aromatic N) is 1. The molecule has 1 rings (SSSR count). The Labute approximate surface area is 109 Å². The van der Waals surface area contributed by atoms with Crippen molar-refractivity contribution in [2.75, 3.05) is 0 Å². The number of hydrogen-bond acceptors (Lipinski definition) is 3. The van der Waals surface area contributed by atoms with Crippen molar-refractivity contribution in [2.45, 2.75) is 38.6 Å². The van der Waals surface area contributed by atoms with Gasteiger partial charge in [0.2, 0.25) is 10.0 Å². The molecule has 1 aromatic rings. The zero-order valence-electron chi connectivity index (χ0n) is 11.1. The summed E-state index contributed by atoms with van der Waals surface area (Å²) < 4.78 is 26.8. The van der Waals surface area contributed by atoms with Crippen molar-refractivity contribution >= 4 is 10.0 Å². The minimum absolute atomic E-state index is 0.153. The van der Waals surface area contributed by atoms with Crippen molar-refractivity contribution < 1.29 is 8.42 Å². The molecule has 1 N–H and O–H groups in total. The Morgan fingerprint density at radius 1 is 1.22 bits per heavy atom. The van der Waals surface area contributed by atoms with Gasteiger partial charge in [0.15, 0.2) is 0 Å². The van der Waals surface area contributed by atoms with Gasteiger partial charge >= 0.3 is 0 Å². The molecule has 0 heterocycles. The summed E-state index contributed by atoms with van der Waals surface area (Å²) in [4.78, 5) is 0.178. The van der Waals surface area contributed by atoms with Crippen LogP contribution in [0.5, 0.6) is 0 Å². The number of hydrogen-bond donors (Lipinski definition) is 1. The molecule has 0 radical (unpaired) electrons. The van der Waals surface area contributed by atoms with Crippen molar-refractivity contribution in [1.82, 2.24) is 4.72 Å². The van der Waals surface area contributed by atoms with Crippen LogP contribution in [-0.2, 0) is 10.0 Å². The molecule has 98 valence electrons. The second kappa shape index (κ2) is 5.09. The summed E-state index contributed by atoms with van der Waals surface area (Å²) in [5.74, 6) is 0. The molecule has 4 nitrogen and oxygen atoms in total. The lowest BCUT2D eigenvalue weighted by Gasteiger charge is -2.27. The van der Waals surface area contributed by atoms with Gasteiger partial charge in [-0.3, -0.25) is 0 Å². The fourth-order valence-corrected chi connectivity index (χ4v) is 2.64. The molecule has 0 aliphatic rings.